The molecule has 0 atom stereocenters. The minimum Gasteiger partial charge on any atom is -0.352 e. The van der Waals surface area contributed by atoms with E-state index in [2.05, 4.69) is 10.3 Å². The van der Waals surface area contributed by atoms with Gasteiger partial charge in [0.05, 0.1) is 11.1 Å². The molecule has 2 N–H and O–H groups in total. The zero-order valence-electron chi connectivity index (χ0n) is 13.9. The first-order valence-electron chi connectivity index (χ1n) is 8.01. The van der Waals surface area contributed by atoms with Gasteiger partial charge in [-0.05, 0) is 60.3 Å². The van der Waals surface area contributed by atoms with E-state index >= 15 is 0 Å². The topological polar surface area (TPSA) is 62.0 Å². The van der Waals surface area contributed by atoms with Crippen molar-refractivity contribution in [1.82, 2.24) is 10.3 Å². The number of nitrogens with one attached hydrogen (secondary N) is 2. The fourth-order valence-electron chi connectivity index (χ4n) is 2.63. The molecular weight excluding hydrogens is 364 g/mol. The summed E-state index contributed by atoms with van der Waals surface area (Å²) in [6.07, 6.45) is -4.25. The molecule has 0 aliphatic carbocycles. The second-order valence-corrected chi connectivity index (χ2v) is 5.94. The number of aromatic nitrogens is 1. The molecule has 3 aromatic rings. The zero-order chi connectivity index (χ0) is 19.6. The molecule has 1 amide bonds. The Hall–Kier alpha value is -3.16. The lowest BCUT2D eigenvalue weighted by Crippen LogP contribution is -2.27. The van der Waals surface area contributed by atoms with Crippen LogP contribution in [0.2, 0.25) is 0 Å². The van der Waals surface area contributed by atoms with E-state index in [1.54, 1.807) is 6.07 Å². The first kappa shape index (κ1) is 18.6. The summed E-state index contributed by atoms with van der Waals surface area (Å²) in [5, 5.41) is 3.21. The van der Waals surface area contributed by atoms with Gasteiger partial charge in [-0.15, -0.1) is 0 Å². The van der Waals surface area contributed by atoms with Gasteiger partial charge in [0, 0.05) is 17.7 Å². The molecule has 0 saturated carbocycles. The molecule has 0 aliphatic heterocycles. The van der Waals surface area contributed by atoms with E-state index in [4.69, 9.17) is 0 Å². The van der Waals surface area contributed by atoms with Crippen molar-refractivity contribution in [2.24, 2.45) is 0 Å². The molecule has 0 bridgehead atoms. The Labute approximate surface area is 150 Å². The van der Waals surface area contributed by atoms with Gasteiger partial charge in [0.25, 0.3) is 11.5 Å². The maximum Gasteiger partial charge on any atom is 0.416 e. The second-order valence-electron chi connectivity index (χ2n) is 5.94. The minimum absolute atomic E-state index is 0.0888. The van der Waals surface area contributed by atoms with Crippen LogP contribution in [-0.2, 0) is 12.6 Å². The van der Waals surface area contributed by atoms with Crippen molar-refractivity contribution in [2.45, 2.75) is 12.6 Å². The molecule has 2 aromatic carbocycles. The fraction of sp³-hybridized carbons (Fsp3) is 0.158. The lowest BCUT2D eigenvalue weighted by atomic mass is 10.1. The Morgan fingerprint density at radius 3 is 2.41 bits per heavy atom. The Morgan fingerprint density at radius 1 is 1.04 bits per heavy atom. The standard InChI is InChI=1S/C19H14F4N2O2/c20-15-6-3-12-9-13(18(27)25-16(12)10-15)7-8-24-17(26)11-1-4-14(5-2-11)19(21,22)23/h1-6,9-10H,7-8H2,(H,24,26)(H,25,27). The van der Waals surface area contributed by atoms with Crippen molar-refractivity contribution >= 4 is 16.8 Å². The van der Waals surface area contributed by atoms with Crippen molar-refractivity contribution in [1.29, 1.82) is 0 Å². The van der Waals surface area contributed by atoms with Crippen LogP contribution in [0, 0.1) is 5.82 Å². The first-order valence-corrected chi connectivity index (χ1v) is 8.01. The second kappa shape index (κ2) is 7.22. The fourth-order valence-corrected chi connectivity index (χ4v) is 2.63. The number of benzene rings is 2. The van der Waals surface area contributed by atoms with Gasteiger partial charge >= 0.3 is 6.18 Å². The van der Waals surface area contributed by atoms with E-state index in [1.807, 2.05) is 0 Å². The zero-order valence-corrected chi connectivity index (χ0v) is 13.9. The number of amides is 1. The van der Waals surface area contributed by atoms with E-state index in [0.29, 0.717) is 16.5 Å². The molecule has 3 rings (SSSR count). The Balaban J connectivity index is 1.65. The van der Waals surface area contributed by atoms with Crippen LogP contribution in [0.3, 0.4) is 0 Å². The van der Waals surface area contributed by atoms with E-state index in [1.165, 1.54) is 18.2 Å². The van der Waals surface area contributed by atoms with E-state index in [0.717, 1.165) is 24.3 Å². The highest BCUT2D eigenvalue weighted by atomic mass is 19.4. The smallest absolute Gasteiger partial charge is 0.352 e. The normalized spacial score (nSPS) is 11.6. The first-order chi connectivity index (χ1) is 12.7. The van der Waals surface area contributed by atoms with Gasteiger partial charge < -0.3 is 10.3 Å². The number of carbonyl (C=O) groups is 1. The summed E-state index contributed by atoms with van der Waals surface area (Å²) in [5.74, 6) is -1.00. The van der Waals surface area contributed by atoms with Gasteiger partial charge in [-0.1, -0.05) is 0 Å². The third-order valence-electron chi connectivity index (χ3n) is 4.04. The van der Waals surface area contributed by atoms with Crippen LogP contribution in [-0.4, -0.2) is 17.4 Å². The third-order valence-corrected chi connectivity index (χ3v) is 4.04. The number of pyridine rings is 1. The summed E-state index contributed by atoms with van der Waals surface area (Å²) in [4.78, 5) is 26.6. The molecule has 0 unspecified atom stereocenters. The van der Waals surface area contributed by atoms with E-state index in [-0.39, 0.29) is 18.5 Å². The van der Waals surface area contributed by atoms with Crippen molar-refractivity contribution in [3.05, 3.63) is 81.4 Å². The Bertz CT molecular complexity index is 1040. The number of aromatic amines is 1. The van der Waals surface area contributed by atoms with Gasteiger partial charge in [-0.25, -0.2) is 4.39 Å². The van der Waals surface area contributed by atoms with Crippen molar-refractivity contribution < 1.29 is 22.4 Å². The van der Waals surface area contributed by atoms with Crippen LogP contribution in [0.4, 0.5) is 17.6 Å². The molecule has 0 spiro atoms. The average molecular weight is 378 g/mol. The predicted octanol–water partition coefficient (Wildman–Crippen LogP) is 3.66. The number of fused-ring (bicyclic) bond motifs is 1. The van der Waals surface area contributed by atoms with Gasteiger partial charge in [0.1, 0.15) is 5.82 Å². The van der Waals surface area contributed by atoms with Crippen LogP contribution < -0.4 is 10.9 Å². The molecule has 1 aromatic heterocycles. The molecule has 8 heteroatoms. The molecule has 140 valence electrons. The Morgan fingerprint density at radius 2 is 1.74 bits per heavy atom. The quantitative estimate of drug-likeness (QED) is 0.681. The molecule has 4 nitrogen and oxygen atoms in total. The monoisotopic (exact) mass is 378 g/mol. The molecule has 0 fully saturated rings. The number of halogens is 4. The van der Waals surface area contributed by atoms with Gasteiger partial charge in [-0.3, -0.25) is 9.59 Å². The summed E-state index contributed by atoms with van der Waals surface area (Å²) < 4.78 is 50.8. The van der Waals surface area contributed by atoms with Gasteiger partial charge in [0.15, 0.2) is 0 Å². The number of hydrogen-bond donors (Lipinski definition) is 2. The summed E-state index contributed by atoms with van der Waals surface area (Å²) in [7, 11) is 0. The molecule has 0 radical (unpaired) electrons. The summed E-state index contributed by atoms with van der Waals surface area (Å²) in [6, 6.07) is 9.49. The van der Waals surface area contributed by atoms with E-state index in [9.17, 15) is 27.2 Å². The Kier molecular flexibility index (Phi) is 4.98. The molecular formula is C19H14F4N2O2. The van der Waals surface area contributed by atoms with Crippen LogP contribution in [0.25, 0.3) is 10.9 Å². The van der Waals surface area contributed by atoms with E-state index < -0.39 is 29.0 Å². The van der Waals surface area contributed by atoms with Crippen LogP contribution in [0.5, 0.6) is 0 Å². The average Bonchev–Trinajstić information content (AvgIpc) is 2.61. The number of alkyl halides is 3. The van der Waals surface area contributed by atoms with Gasteiger partial charge in [0.2, 0.25) is 0 Å². The number of carbonyl (C=O) groups excluding carboxylic acids is 1. The SMILES string of the molecule is O=C(NCCc1cc2ccc(F)cc2[nH]c1=O)c1ccc(C(F)(F)F)cc1. The highest BCUT2D eigenvalue weighted by Gasteiger charge is 2.30. The molecule has 27 heavy (non-hydrogen) atoms. The maximum atomic E-state index is 13.2. The van der Waals surface area contributed by atoms with Crippen molar-refractivity contribution in [3.63, 3.8) is 0 Å². The number of rotatable bonds is 4. The third kappa shape index (κ3) is 4.33. The number of H-pyrrole nitrogens is 1. The maximum absolute atomic E-state index is 13.2. The van der Waals surface area contributed by atoms with Crippen molar-refractivity contribution in [2.75, 3.05) is 6.54 Å². The summed E-state index contributed by atoms with van der Waals surface area (Å²) in [5.41, 5.74) is -0.361. The lowest BCUT2D eigenvalue weighted by Gasteiger charge is -2.08. The molecule has 0 aliphatic rings. The highest BCUT2D eigenvalue weighted by molar-refractivity contribution is 5.94. The van der Waals surface area contributed by atoms with Gasteiger partial charge in [-0.2, -0.15) is 13.2 Å². The van der Waals surface area contributed by atoms with Crippen molar-refractivity contribution in [3.8, 4) is 0 Å². The summed E-state index contributed by atoms with van der Waals surface area (Å²) >= 11 is 0. The highest BCUT2D eigenvalue weighted by Crippen LogP contribution is 2.29. The molecule has 0 saturated heterocycles. The van der Waals surface area contributed by atoms with Crippen LogP contribution in [0.15, 0.2) is 53.3 Å². The largest absolute Gasteiger partial charge is 0.416 e. The van der Waals surface area contributed by atoms with Crippen LogP contribution >= 0.6 is 0 Å². The number of hydrogen-bond acceptors (Lipinski definition) is 2. The molecule has 1 heterocycles. The lowest BCUT2D eigenvalue weighted by molar-refractivity contribution is -0.137. The summed E-state index contributed by atoms with van der Waals surface area (Å²) in [6.45, 7) is 0.121. The van der Waals surface area contributed by atoms with Crippen LogP contribution in [0.1, 0.15) is 21.5 Å². The minimum atomic E-state index is -4.46. The predicted molar refractivity (Wildman–Crippen MR) is 92.0 cm³/mol.